The molecule has 1 amide bonds. The minimum atomic E-state index is 0. The van der Waals surface area contributed by atoms with Crippen LogP contribution in [0.1, 0.15) is 24.8 Å². The predicted molar refractivity (Wildman–Crippen MR) is 102 cm³/mol. The number of carbonyl (C=O) groups excluding carboxylic acids is 1. The van der Waals surface area contributed by atoms with Gasteiger partial charge in [0, 0.05) is 58.8 Å². The average molecular weight is 368 g/mol. The second-order valence-electron chi connectivity index (χ2n) is 6.74. The first-order valence-corrected chi connectivity index (χ1v) is 9.17. The van der Waals surface area contributed by atoms with Gasteiger partial charge in [0.05, 0.1) is 6.10 Å². The molecule has 1 unspecified atom stereocenters. The molecule has 6 heteroatoms. The summed E-state index contributed by atoms with van der Waals surface area (Å²) in [7, 11) is 0. The van der Waals surface area contributed by atoms with Gasteiger partial charge in [0.15, 0.2) is 0 Å². The van der Waals surface area contributed by atoms with Crippen LogP contribution in [0.25, 0.3) is 0 Å². The maximum atomic E-state index is 12.4. The number of hydrogen-bond acceptors (Lipinski definition) is 4. The minimum Gasteiger partial charge on any atom is -0.377 e. The first-order valence-electron chi connectivity index (χ1n) is 9.17. The number of carbonyl (C=O) groups is 1. The van der Waals surface area contributed by atoms with Gasteiger partial charge in [-0.3, -0.25) is 9.69 Å². The number of halogens is 1. The lowest BCUT2D eigenvalue weighted by Gasteiger charge is -2.29. The van der Waals surface area contributed by atoms with Gasteiger partial charge in [0.1, 0.15) is 0 Å². The molecule has 0 aliphatic carbocycles. The number of piperazine rings is 1. The van der Waals surface area contributed by atoms with Gasteiger partial charge in [-0.25, -0.2) is 0 Å². The Morgan fingerprint density at radius 1 is 1.24 bits per heavy atom. The summed E-state index contributed by atoms with van der Waals surface area (Å²) >= 11 is 0. The van der Waals surface area contributed by atoms with Crippen LogP contribution in [-0.2, 0) is 16.1 Å². The molecule has 0 bridgehead atoms. The standard InChI is InChI=1S/C19H29N3O2.ClH/c23-19(22-12-9-20-10-13-22)8-11-21(16-18-7-4-14-24-18)15-17-5-2-1-3-6-17;/h1-3,5-6,18,20H,4,7-16H2;1H. The first kappa shape index (κ1) is 20.2. The van der Waals surface area contributed by atoms with Crippen LogP contribution in [0.3, 0.4) is 0 Å². The summed E-state index contributed by atoms with van der Waals surface area (Å²) in [6.45, 7) is 6.98. The molecule has 1 aromatic rings. The van der Waals surface area contributed by atoms with Crippen LogP contribution in [0.2, 0.25) is 0 Å². The molecule has 1 aromatic carbocycles. The third kappa shape index (κ3) is 6.59. The van der Waals surface area contributed by atoms with E-state index in [0.717, 1.165) is 65.3 Å². The van der Waals surface area contributed by atoms with Crippen molar-refractivity contribution < 1.29 is 9.53 Å². The highest BCUT2D eigenvalue weighted by molar-refractivity contribution is 5.85. The monoisotopic (exact) mass is 367 g/mol. The highest BCUT2D eigenvalue weighted by atomic mass is 35.5. The molecule has 1 atom stereocenters. The van der Waals surface area contributed by atoms with Crippen LogP contribution in [0.4, 0.5) is 0 Å². The molecule has 0 saturated carbocycles. The predicted octanol–water partition coefficient (Wildman–Crippen LogP) is 1.91. The summed E-state index contributed by atoms with van der Waals surface area (Å²) in [5.41, 5.74) is 1.30. The Kier molecular flexibility index (Phi) is 8.68. The fourth-order valence-electron chi connectivity index (χ4n) is 3.48. The minimum absolute atomic E-state index is 0. The van der Waals surface area contributed by atoms with E-state index in [9.17, 15) is 4.79 Å². The molecule has 5 nitrogen and oxygen atoms in total. The van der Waals surface area contributed by atoms with E-state index in [0.29, 0.717) is 12.5 Å². The Hall–Kier alpha value is -1.14. The summed E-state index contributed by atoms with van der Waals surface area (Å²) in [5, 5.41) is 3.29. The smallest absolute Gasteiger partial charge is 0.223 e. The average Bonchev–Trinajstić information content (AvgIpc) is 3.14. The molecular weight excluding hydrogens is 338 g/mol. The Morgan fingerprint density at radius 2 is 2.00 bits per heavy atom. The van der Waals surface area contributed by atoms with Crippen LogP contribution in [-0.4, -0.2) is 67.7 Å². The maximum absolute atomic E-state index is 12.4. The Balaban J connectivity index is 0.00000225. The summed E-state index contributed by atoms with van der Waals surface area (Å²) in [6.07, 6.45) is 3.21. The number of ether oxygens (including phenoxy) is 1. The molecule has 2 aliphatic heterocycles. The van der Waals surface area contributed by atoms with Gasteiger partial charge in [-0.1, -0.05) is 30.3 Å². The van der Waals surface area contributed by atoms with Crippen molar-refractivity contribution in [2.24, 2.45) is 0 Å². The van der Waals surface area contributed by atoms with E-state index < -0.39 is 0 Å². The van der Waals surface area contributed by atoms with Gasteiger partial charge >= 0.3 is 0 Å². The third-order valence-electron chi connectivity index (χ3n) is 4.85. The zero-order chi connectivity index (χ0) is 16.6. The van der Waals surface area contributed by atoms with E-state index in [1.54, 1.807) is 0 Å². The van der Waals surface area contributed by atoms with Crippen LogP contribution >= 0.6 is 12.4 Å². The molecule has 0 spiro atoms. The highest BCUT2D eigenvalue weighted by Gasteiger charge is 2.21. The molecule has 2 heterocycles. The third-order valence-corrected chi connectivity index (χ3v) is 4.85. The van der Waals surface area contributed by atoms with Gasteiger partial charge in [-0.2, -0.15) is 0 Å². The molecule has 3 rings (SSSR count). The Bertz CT molecular complexity index is 503. The number of benzene rings is 1. The summed E-state index contributed by atoms with van der Waals surface area (Å²) in [6, 6.07) is 10.5. The summed E-state index contributed by atoms with van der Waals surface area (Å²) < 4.78 is 5.80. The first-order chi connectivity index (χ1) is 11.8. The normalized spacial score (nSPS) is 20.5. The molecule has 0 radical (unpaired) electrons. The van der Waals surface area contributed by atoms with E-state index in [4.69, 9.17) is 4.74 Å². The van der Waals surface area contributed by atoms with Crippen molar-refractivity contribution in [3.8, 4) is 0 Å². The second-order valence-corrected chi connectivity index (χ2v) is 6.74. The molecule has 1 N–H and O–H groups in total. The second kappa shape index (κ2) is 10.8. The van der Waals surface area contributed by atoms with E-state index in [2.05, 4.69) is 34.5 Å². The summed E-state index contributed by atoms with van der Waals surface area (Å²) in [5.74, 6) is 0.280. The van der Waals surface area contributed by atoms with Gasteiger partial charge in [0.2, 0.25) is 5.91 Å². The number of hydrogen-bond donors (Lipinski definition) is 1. The molecule has 2 aliphatic rings. The van der Waals surface area contributed by atoms with Gasteiger partial charge in [0.25, 0.3) is 0 Å². The van der Waals surface area contributed by atoms with Crippen molar-refractivity contribution in [2.75, 3.05) is 45.9 Å². The van der Waals surface area contributed by atoms with Crippen molar-refractivity contribution in [1.82, 2.24) is 15.1 Å². The summed E-state index contributed by atoms with van der Waals surface area (Å²) in [4.78, 5) is 16.8. The van der Waals surface area contributed by atoms with Gasteiger partial charge in [-0.05, 0) is 18.4 Å². The number of nitrogens with one attached hydrogen (secondary N) is 1. The van der Waals surface area contributed by atoms with Crippen molar-refractivity contribution in [3.63, 3.8) is 0 Å². The number of amides is 1. The molecule has 2 fully saturated rings. The van der Waals surface area contributed by atoms with E-state index >= 15 is 0 Å². The van der Waals surface area contributed by atoms with Crippen LogP contribution < -0.4 is 5.32 Å². The van der Waals surface area contributed by atoms with Crippen molar-refractivity contribution in [3.05, 3.63) is 35.9 Å². The van der Waals surface area contributed by atoms with Crippen molar-refractivity contribution in [2.45, 2.75) is 31.9 Å². The fourth-order valence-corrected chi connectivity index (χ4v) is 3.48. The zero-order valence-electron chi connectivity index (χ0n) is 14.9. The molecule has 140 valence electrons. The topological polar surface area (TPSA) is 44.8 Å². The van der Waals surface area contributed by atoms with Gasteiger partial charge < -0.3 is 15.0 Å². The van der Waals surface area contributed by atoms with Crippen molar-refractivity contribution in [1.29, 1.82) is 0 Å². The van der Waals surface area contributed by atoms with E-state index in [1.165, 1.54) is 5.56 Å². The molecule has 0 aromatic heterocycles. The lowest BCUT2D eigenvalue weighted by Crippen LogP contribution is -2.47. The zero-order valence-corrected chi connectivity index (χ0v) is 15.7. The number of rotatable bonds is 7. The lowest BCUT2D eigenvalue weighted by atomic mass is 10.1. The molecule has 25 heavy (non-hydrogen) atoms. The van der Waals surface area contributed by atoms with E-state index in [-0.39, 0.29) is 18.3 Å². The quantitative estimate of drug-likeness (QED) is 0.799. The van der Waals surface area contributed by atoms with Gasteiger partial charge in [-0.15, -0.1) is 12.4 Å². The number of nitrogens with zero attached hydrogens (tertiary/aromatic N) is 2. The van der Waals surface area contributed by atoms with Crippen LogP contribution in [0, 0.1) is 0 Å². The van der Waals surface area contributed by atoms with E-state index in [1.807, 2.05) is 11.0 Å². The fraction of sp³-hybridized carbons (Fsp3) is 0.632. The Labute approximate surface area is 157 Å². The lowest BCUT2D eigenvalue weighted by molar-refractivity contribution is -0.132. The van der Waals surface area contributed by atoms with Crippen LogP contribution in [0.5, 0.6) is 0 Å². The maximum Gasteiger partial charge on any atom is 0.223 e. The van der Waals surface area contributed by atoms with Crippen LogP contribution in [0.15, 0.2) is 30.3 Å². The highest BCUT2D eigenvalue weighted by Crippen LogP contribution is 2.15. The largest absolute Gasteiger partial charge is 0.377 e. The molecule has 2 saturated heterocycles. The van der Waals surface area contributed by atoms with Crippen molar-refractivity contribution >= 4 is 18.3 Å². The Morgan fingerprint density at radius 3 is 2.68 bits per heavy atom. The molecular formula is C19H30ClN3O2. The SMILES string of the molecule is Cl.O=C(CCN(Cc1ccccc1)CC1CCCO1)N1CCNCC1.